The maximum absolute atomic E-state index is 12.9. The molecule has 0 aromatic carbocycles. The van der Waals surface area contributed by atoms with E-state index in [1.165, 1.54) is 154 Å². The molecule has 1 amide bonds. The van der Waals surface area contributed by atoms with Crippen LogP contribution in [-0.2, 0) is 18.4 Å². The topological polar surface area (TPSA) is 108 Å². The van der Waals surface area contributed by atoms with Crippen molar-refractivity contribution in [2.45, 2.75) is 238 Å². The van der Waals surface area contributed by atoms with Gasteiger partial charge in [0.15, 0.2) is 0 Å². The van der Waals surface area contributed by atoms with Crippen molar-refractivity contribution in [2.75, 3.05) is 40.9 Å². The molecule has 328 valence electrons. The summed E-state index contributed by atoms with van der Waals surface area (Å²) in [6.07, 6.45) is 43.6. The molecule has 0 spiro atoms. The minimum Gasteiger partial charge on any atom is -0.756 e. The molecule has 0 aliphatic heterocycles. The van der Waals surface area contributed by atoms with Crippen molar-refractivity contribution >= 4 is 13.7 Å². The van der Waals surface area contributed by atoms with Gasteiger partial charge in [-0.2, -0.15) is 0 Å². The third-order valence-corrected chi connectivity index (χ3v) is 11.7. The molecule has 0 aliphatic carbocycles. The average Bonchev–Trinajstić information content (AvgIpc) is 3.13. The molecule has 0 heterocycles. The summed E-state index contributed by atoms with van der Waals surface area (Å²) < 4.78 is 23.3. The van der Waals surface area contributed by atoms with Crippen LogP contribution >= 0.6 is 7.82 Å². The van der Waals surface area contributed by atoms with E-state index in [2.05, 4.69) is 31.3 Å². The van der Waals surface area contributed by atoms with Crippen LogP contribution < -0.4 is 10.2 Å². The Labute approximate surface area is 342 Å². The van der Waals surface area contributed by atoms with Crippen molar-refractivity contribution < 1.29 is 32.9 Å². The van der Waals surface area contributed by atoms with Gasteiger partial charge in [0.1, 0.15) is 13.2 Å². The number of rotatable bonds is 43. The van der Waals surface area contributed by atoms with E-state index in [1.54, 1.807) is 0 Å². The molecule has 0 fully saturated rings. The molecule has 0 radical (unpaired) electrons. The van der Waals surface area contributed by atoms with Gasteiger partial charge in [-0.3, -0.25) is 9.36 Å². The number of likely N-dealkylation sites (N-methyl/N-ethyl adjacent to an activating group) is 1. The first-order chi connectivity index (χ1) is 26.5. The fraction of sp³-hybridized carbons (Fsp3) is 0.935. The van der Waals surface area contributed by atoms with Crippen LogP contribution in [0.4, 0.5) is 0 Å². The van der Waals surface area contributed by atoms with Crippen LogP contribution in [0.2, 0.25) is 0 Å². The molecule has 0 aliphatic rings. The molecule has 3 atom stereocenters. The number of allylic oxidation sites excluding steroid dienone is 2. The van der Waals surface area contributed by atoms with Gasteiger partial charge in [0.05, 0.1) is 39.9 Å². The zero-order valence-electron chi connectivity index (χ0n) is 37.1. The van der Waals surface area contributed by atoms with Gasteiger partial charge in [-0.25, -0.2) is 0 Å². The van der Waals surface area contributed by atoms with Gasteiger partial charge in [0, 0.05) is 6.42 Å². The molecular weight excluding hydrogens is 707 g/mol. The Morgan fingerprint density at radius 3 is 1.42 bits per heavy atom. The summed E-state index contributed by atoms with van der Waals surface area (Å²) in [5, 5.41) is 13.9. The summed E-state index contributed by atoms with van der Waals surface area (Å²) in [4.78, 5) is 25.3. The fourth-order valence-electron chi connectivity index (χ4n) is 6.98. The third-order valence-electron chi connectivity index (χ3n) is 10.8. The van der Waals surface area contributed by atoms with Crippen molar-refractivity contribution in [2.24, 2.45) is 0 Å². The van der Waals surface area contributed by atoms with E-state index >= 15 is 0 Å². The van der Waals surface area contributed by atoms with E-state index in [-0.39, 0.29) is 19.1 Å². The second-order valence-electron chi connectivity index (χ2n) is 17.5. The summed E-state index contributed by atoms with van der Waals surface area (Å²) in [5.41, 5.74) is 0. The Balaban J connectivity index is 4.33. The van der Waals surface area contributed by atoms with Gasteiger partial charge < -0.3 is 28.8 Å². The second kappa shape index (κ2) is 38.7. The second-order valence-corrected chi connectivity index (χ2v) is 18.9. The maximum Gasteiger partial charge on any atom is 0.268 e. The first kappa shape index (κ1) is 54.2. The SMILES string of the molecule is CCCCCCCCCCC/C=C/CCCC[C@@H](O)[C@H](COP(=O)([O-])OCC[N+](C)(C)C)NC(=O)CCCCCCCCCCCCCCCCCCCC. The highest BCUT2D eigenvalue weighted by molar-refractivity contribution is 7.45. The predicted molar refractivity (Wildman–Crippen MR) is 233 cm³/mol. The van der Waals surface area contributed by atoms with Crippen molar-refractivity contribution in [3.8, 4) is 0 Å². The van der Waals surface area contributed by atoms with E-state index in [4.69, 9.17) is 9.05 Å². The highest BCUT2D eigenvalue weighted by Gasteiger charge is 2.24. The zero-order chi connectivity index (χ0) is 40.7. The molecule has 0 rings (SSSR count). The molecule has 0 saturated carbocycles. The van der Waals surface area contributed by atoms with Crippen LogP contribution in [-0.4, -0.2) is 68.5 Å². The molecule has 9 heteroatoms. The summed E-state index contributed by atoms with van der Waals surface area (Å²) in [7, 11) is 1.30. The van der Waals surface area contributed by atoms with Crippen molar-refractivity contribution in [3.05, 3.63) is 12.2 Å². The summed E-state index contributed by atoms with van der Waals surface area (Å²) in [5.74, 6) is -0.171. The number of quaternary nitrogens is 1. The molecule has 8 nitrogen and oxygen atoms in total. The number of carbonyl (C=O) groups excluding carboxylic acids is 1. The lowest BCUT2D eigenvalue weighted by Crippen LogP contribution is -2.46. The third kappa shape index (κ3) is 41.2. The lowest BCUT2D eigenvalue weighted by molar-refractivity contribution is -0.870. The van der Waals surface area contributed by atoms with Gasteiger partial charge in [0.25, 0.3) is 7.82 Å². The van der Waals surface area contributed by atoms with Crippen LogP contribution in [0.1, 0.15) is 226 Å². The van der Waals surface area contributed by atoms with Gasteiger partial charge >= 0.3 is 0 Å². The Bertz CT molecular complexity index is 911. The molecule has 0 saturated heterocycles. The first-order valence-corrected chi connectivity index (χ1v) is 25.0. The van der Waals surface area contributed by atoms with Crippen LogP contribution in [0.15, 0.2) is 12.2 Å². The monoisotopic (exact) mass is 801 g/mol. The average molecular weight is 801 g/mol. The zero-order valence-corrected chi connectivity index (χ0v) is 38.0. The number of phosphoric acid groups is 1. The summed E-state index contributed by atoms with van der Waals surface area (Å²) in [6.45, 7) is 4.72. The molecule has 55 heavy (non-hydrogen) atoms. The lowest BCUT2D eigenvalue weighted by Gasteiger charge is -2.30. The van der Waals surface area contributed by atoms with Gasteiger partial charge in [-0.1, -0.05) is 193 Å². The van der Waals surface area contributed by atoms with Crippen LogP contribution in [0.5, 0.6) is 0 Å². The Morgan fingerprint density at radius 1 is 0.618 bits per heavy atom. The van der Waals surface area contributed by atoms with Crippen molar-refractivity contribution in [1.82, 2.24) is 5.32 Å². The van der Waals surface area contributed by atoms with Gasteiger partial charge in [-0.05, 0) is 38.5 Å². The molecule has 1 unspecified atom stereocenters. The molecular formula is C46H93N2O6P. The first-order valence-electron chi connectivity index (χ1n) is 23.5. The largest absolute Gasteiger partial charge is 0.756 e. The smallest absolute Gasteiger partial charge is 0.268 e. The summed E-state index contributed by atoms with van der Waals surface area (Å²) >= 11 is 0. The number of hydrogen-bond acceptors (Lipinski definition) is 6. The van der Waals surface area contributed by atoms with Crippen LogP contribution in [0.3, 0.4) is 0 Å². The molecule has 0 aromatic heterocycles. The molecule has 0 aromatic rings. The van der Waals surface area contributed by atoms with Gasteiger partial charge in [0.2, 0.25) is 5.91 Å². The Morgan fingerprint density at radius 2 is 1.00 bits per heavy atom. The predicted octanol–water partition coefficient (Wildman–Crippen LogP) is 12.5. The maximum atomic E-state index is 12.9. The number of unbranched alkanes of at least 4 members (excludes halogenated alkanes) is 28. The highest BCUT2D eigenvalue weighted by atomic mass is 31.2. The number of aliphatic hydroxyl groups excluding tert-OH is 1. The minimum atomic E-state index is -4.57. The molecule has 2 N–H and O–H groups in total. The molecule has 0 bridgehead atoms. The van der Waals surface area contributed by atoms with E-state index in [0.717, 1.165) is 44.9 Å². The number of hydrogen-bond donors (Lipinski definition) is 2. The number of nitrogens with one attached hydrogen (secondary N) is 1. The van der Waals surface area contributed by atoms with E-state index in [0.29, 0.717) is 23.9 Å². The van der Waals surface area contributed by atoms with E-state index in [9.17, 15) is 19.4 Å². The minimum absolute atomic E-state index is 0.00978. The number of aliphatic hydroxyl groups is 1. The van der Waals surface area contributed by atoms with E-state index < -0.39 is 20.0 Å². The summed E-state index contributed by atoms with van der Waals surface area (Å²) in [6, 6.07) is -0.811. The standard InChI is InChI=1S/C46H93N2O6P/c1-6-8-10-12-14-16-18-20-22-23-24-26-28-30-32-34-36-38-40-46(50)47-44(43-54-55(51,52)53-42-41-48(3,4)5)45(49)39-37-35-33-31-29-27-25-21-19-17-15-13-11-9-7-2/h29,31,44-45,49H,6-28,30,32-43H2,1-5H3,(H-,47,50,51,52)/b31-29+/t44-,45+/m0/s1. The lowest BCUT2D eigenvalue weighted by atomic mass is 10.0. The van der Waals surface area contributed by atoms with Crippen molar-refractivity contribution in [1.29, 1.82) is 0 Å². The fourth-order valence-corrected chi connectivity index (χ4v) is 7.70. The number of amides is 1. The van der Waals surface area contributed by atoms with Crippen molar-refractivity contribution in [3.63, 3.8) is 0 Å². The van der Waals surface area contributed by atoms with Crippen LogP contribution in [0, 0.1) is 0 Å². The van der Waals surface area contributed by atoms with Crippen LogP contribution in [0.25, 0.3) is 0 Å². The number of phosphoric ester groups is 1. The normalized spacial score (nSPS) is 14.4. The van der Waals surface area contributed by atoms with E-state index in [1.807, 2.05) is 21.1 Å². The highest BCUT2D eigenvalue weighted by Crippen LogP contribution is 2.38. The Kier molecular flexibility index (Phi) is 38.2. The number of nitrogens with zero attached hydrogens (tertiary/aromatic N) is 1. The quantitative estimate of drug-likeness (QED) is 0.0275. The number of carbonyl (C=O) groups is 1. The van der Waals surface area contributed by atoms with Gasteiger partial charge in [-0.15, -0.1) is 0 Å². The Hall–Kier alpha value is -0.760.